The van der Waals surface area contributed by atoms with Crippen molar-refractivity contribution < 1.29 is 13.2 Å². The molecule has 1 saturated heterocycles. The first-order valence-corrected chi connectivity index (χ1v) is 10.8. The predicted octanol–water partition coefficient (Wildman–Crippen LogP) is 2.02. The van der Waals surface area contributed by atoms with E-state index in [0.29, 0.717) is 13.1 Å². The summed E-state index contributed by atoms with van der Waals surface area (Å²) in [6, 6.07) is 16.7. The number of urea groups is 1. The molecule has 1 aliphatic heterocycles. The molecule has 7 nitrogen and oxygen atoms in total. The fourth-order valence-electron chi connectivity index (χ4n) is 3.25. The first-order chi connectivity index (χ1) is 13.5. The quantitative estimate of drug-likeness (QED) is 0.802. The molecule has 3 rings (SSSR count). The fourth-order valence-corrected chi connectivity index (χ4v) is 4.05. The van der Waals surface area contributed by atoms with Gasteiger partial charge in [0.25, 0.3) is 0 Å². The highest BCUT2D eigenvalue weighted by molar-refractivity contribution is 7.89. The highest BCUT2D eigenvalue weighted by Gasteiger charge is 2.19. The van der Waals surface area contributed by atoms with Crippen LogP contribution in [-0.4, -0.2) is 52.6 Å². The van der Waals surface area contributed by atoms with Gasteiger partial charge in [0.15, 0.2) is 0 Å². The average Bonchev–Trinajstić information content (AvgIpc) is 2.99. The summed E-state index contributed by atoms with van der Waals surface area (Å²) in [6.07, 6.45) is 0.901. The summed E-state index contributed by atoms with van der Waals surface area (Å²) in [5, 5.41) is 2.90. The van der Waals surface area contributed by atoms with Crippen LogP contribution in [0.25, 0.3) is 0 Å². The highest BCUT2D eigenvalue weighted by Crippen LogP contribution is 2.16. The van der Waals surface area contributed by atoms with Crippen molar-refractivity contribution in [2.24, 2.45) is 0 Å². The highest BCUT2D eigenvalue weighted by atomic mass is 32.2. The van der Waals surface area contributed by atoms with Crippen molar-refractivity contribution in [1.29, 1.82) is 0 Å². The molecule has 8 heteroatoms. The molecule has 2 amide bonds. The number of anilines is 1. The molecular weight excluding hydrogens is 376 g/mol. The van der Waals surface area contributed by atoms with Crippen molar-refractivity contribution in [3.05, 3.63) is 60.2 Å². The Morgan fingerprint density at radius 3 is 2.54 bits per heavy atom. The molecule has 1 fully saturated rings. The molecule has 0 spiro atoms. The standard InChI is InChI=1S/C20H26N4O3S/c1-21-28(26,27)19-10-5-7-17(15-19)16-22-20(25)24-12-6-11-23(13-14-24)18-8-3-2-4-9-18/h2-5,7-10,15,21H,6,11-14,16H2,1H3,(H,22,25). The summed E-state index contributed by atoms with van der Waals surface area (Å²) >= 11 is 0. The van der Waals surface area contributed by atoms with E-state index in [1.54, 1.807) is 18.2 Å². The van der Waals surface area contributed by atoms with Crippen molar-refractivity contribution in [2.45, 2.75) is 17.9 Å². The van der Waals surface area contributed by atoms with Gasteiger partial charge in [0.05, 0.1) is 4.90 Å². The largest absolute Gasteiger partial charge is 0.370 e. The normalized spacial score (nSPS) is 15.2. The van der Waals surface area contributed by atoms with Gasteiger partial charge in [-0.3, -0.25) is 0 Å². The van der Waals surface area contributed by atoms with E-state index in [4.69, 9.17) is 0 Å². The third-order valence-electron chi connectivity index (χ3n) is 4.83. The van der Waals surface area contributed by atoms with E-state index in [0.717, 1.165) is 25.1 Å². The molecule has 0 aromatic heterocycles. The molecule has 28 heavy (non-hydrogen) atoms. The van der Waals surface area contributed by atoms with Gasteiger partial charge in [-0.05, 0) is 43.3 Å². The third kappa shape index (κ3) is 5.02. The van der Waals surface area contributed by atoms with Gasteiger partial charge in [-0.25, -0.2) is 17.9 Å². The number of benzene rings is 2. The number of carbonyl (C=O) groups is 1. The second-order valence-electron chi connectivity index (χ2n) is 6.68. The van der Waals surface area contributed by atoms with Crippen molar-refractivity contribution in [3.63, 3.8) is 0 Å². The summed E-state index contributed by atoms with van der Waals surface area (Å²) in [7, 11) is -2.12. The van der Waals surface area contributed by atoms with Crippen LogP contribution in [-0.2, 0) is 16.6 Å². The molecule has 0 bridgehead atoms. The maximum atomic E-state index is 12.6. The zero-order chi connectivity index (χ0) is 20.0. The molecule has 0 radical (unpaired) electrons. The molecule has 1 aliphatic rings. The summed E-state index contributed by atoms with van der Waals surface area (Å²) in [4.78, 5) is 16.9. The Balaban J connectivity index is 1.56. The van der Waals surface area contributed by atoms with E-state index in [2.05, 4.69) is 27.1 Å². The molecule has 0 atom stereocenters. The molecule has 2 aromatic carbocycles. The van der Waals surface area contributed by atoms with Crippen LogP contribution >= 0.6 is 0 Å². The lowest BCUT2D eigenvalue weighted by Gasteiger charge is -2.24. The topological polar surface area (TPSA) is 81.8 Å². The summed E-state index contributed by atoms with van der Waals surface area (Å²) in [5.74, 6) is 0. The first-order valence-electron chi connectivity index (χ1n) is 9.35. The van der Waals surface area contributed by atoms with E-state index in [-0.39, 0.29) is 17.5 Å². The summed E-state index contributed by atoms with van der Waals surface area (Å²) in [6.45, 7) is 3.33. The van der Waals surface area contributed by atoms with Gasteiger partial charge < -0.3 is 15.1 Å². The van der Waals surface area contributed by atoms with E-state index in [1.165, 1.54) is 18.8 Å². The lowest BCUT2D eigenvalue weighted by Crippen LogP contribution is -2.41. The Bertz CT molecular complexity index is 903. The third-order valence-corrected chi connectivity index (χ3v) is 6.24. The molecule has 2 N–H and O–H groups in total. The Morgan fingerprint density at radius 2 is 1.79 bits per heavy atom. The van der Waals surface area contributed by atoms with Crippen LogP contribution in [0.3, 0.4) is 0 Å². The first kappa shape index (κ1) is 20.2. The van der Waals surface area contributed by atoms with Gasteiger partial charge in [0, 0.05) is 38.4 Å². The molecule has 1 heterocycles. The Kier molecular flexibility index (Phi) is 6.53. The van der Waals surface area contributed by atoms with Crippen LogP contribution in [0.2, 0.25) is 0 Å². The van der Waals surface area contributed by atoms with E-state index in [1.807, 2.05) is 23.1 Å². The van der Waals surface area contributed by atoms with Gasteiger partial charge in [-0.15, -0.1) is 0 Å². The van der Waals surface area contributed by atoms with E-state index >= 15 is 0 Å². The van der Waals surface area contributed by atoms with Gasteiger partial charge >= 0.3 is 6.03 Å². The molecule has 0 saturated carbocycles. The molecule has 0 aliphatic carbocycles. The monoisotopic (exact) mass is 402 g/mol. The Morgan fingerprint density at radius 1 is 1.00 bits per heavy atom. The number of hydrogen-bond acceptors (Lipinski definition) is 4. The van der Waals surface area contributed by atoms with Crippen LogP contribution < -0.4 is 14.9 Å². The lowest BCUT2D eigenvalue weighted by atomic mass is 10.2. The predicted molar refractivity (Wildman–Crippen MR) is 110 cm³/mol. The van der Waals surface area contributed by atoms with Crippen molar-refractivity contribution in [3.8, 4) is 0 Å². The maximum absolute atomic E-state index is 12.6. The number of rotatable bonds is 5. The van der Waals surface area contributed by atoms with Gasteiger partial charge in [-0.1, -0.05) is 30.3 Å². The number of sulfonamides is 1. The average molecular weight is 403 g/mol. The lowest BCUT2D eigenvalue weighted by molar-refractivity contribution is 0.201. The number of amides is 2. The molecule has 150 valence electrons. The van der Waals surface area contributed by atoms with Crippen LogP contribution in [0.4, 0.5) is 10.5 Å². The SMILES string of the molecule is CNS(=O)(=O)c1cccc(CNC(=O)N2CCCN(c3ccccc3)CC2)c1. The Labute approximate surface area is 166 Å². The van der Waals surface area contributed by atoms with Gasteiger partial charge in [0.1, 0.15) is 0 Å². The number of hydrogen-bond donors (Lipinski definition) is 2. The number of para-hydroxylation sites is 1. The smallest absolute Gasteiger partial charge is 0.317 e. The number of carbonyl (C=O) groups excluding carboxylic acids is 1. The van der Waals surface area contributed by atoms with Crippen molar-refractivity contribution in [1.82, 2.24) is 14.9 Å². The summed E-state index contributed by atoms with van der Waals surface area (Å²) in [5.41, 5.74) is 1.91. The van der Waals surface area contributed by atoms with Crippen LogP contribution in [0.5, 0.6) is 0 Å². The van der Waals surface area contributed by atoms with E-state index in [9.17, 15) is 13.2 Å². The second-order valence-corrected chi connectivity index (χ2v) is 8.56. The van der Waals surface area contributed by atoms with Gasteiger partial charge in [0.2, 0.25) is 10.0 Å². The summed E-state index contributed by atoms with van der Waals surface area (Å²) < 4.78 is 26.1. The van der Waals surface area contributed by atoms with Crippen LogP contribution in [0, 0.1) is 0 Å². The van der Waals surface area contributed by atoms with E-state index < -0.39 is 10.0 Å². The minimum atomic E-state index is -3.50. The van der Waals surface area contributed by atoms with Gasteiger partial charge in [-0.2, -0.15) is 0 Å². The maximum Gasteiger partial charge on any atom is 0.317 e. The fraction of sp³-hybridized carbons (Fsp3) is 0.350. The molecule has 0 unspecified atom stereocenters. The second kappa shape index (κ2) is 9.07. The number of nitrogens with zero attached hydrogens (tertiary/aromatic N) is 2. The van der Waals surface area contributed by atoms with Crippen molar-refractivity contribution >= 4 is 21.7 Å². The Hall–Kier alpha value is -2.58. The minimum Gasteiger partial charge on any atom is -0.370 e. The zero-order valence-corrected chi connectivity index (χ0v) is 16.8. The molecular formula is C20H26N4O3S. The van der Waals surface area contributed by atoms with Crippen molar-refractivity contribution in [2.75, 3.05) is 38.1 Å². The van der Waals surface area contributed by atoms with Crippen LogP contribution in [0.15, 0.2) is 59.5 Å². The minimum absolute atomic E-state index is 0.128. The van der Waals surface area contributed by atoms with Crippen LogP contribution in [0.1, 0.15) is 12.0 Å². The number of nitrogens with one attached hydrogen (secondary N) is 2. The molecule has 2 aromatic rings. The zero-order valence-electron chi connectivity index (χ0n) is 16.0.